The van der Waals surface area contributed by atoms with Gasteiger partial charge in [0.2, 0.25) is 0 Å². The molecule has 0 spiro atoms. The molecule has 0 aliphatic heterocycles. The molecule has 0 saturated heterocycles. The molecule has 2 aromatic rings. The maximum atomic E-state index is 10.9. The van der Waals surface area contributed by atoms with Gasteiger partial charge in [0.25, 0.3) is 0 Å². The van der Waals surface area contributed by atoms with Gasteiger partial charge in [-0.05, 0) is 41.1 Å². The van der Waals surface area contributed by atoms with Crippen molar-refractivity contribution in [1.29, 1.82) is 0 Å². The van der Waals surface area contributed by atoms with Crippen LogP contribution in [0.3, 0.4) is 0 Å². The number of hydrogen-bond donors (Lipinski definition) is 0. The van der Waals surface area contributed by atoms with Crippen LogP contribution in [0.1, 0.15) is 20.8 Å². The van der Waals surface area contributed by atoms with Crippen molar-refractivity contribution in [2.24, 2.45) is 0 Å². The average molecular weight is 311 g/mol. The lowest BCUT2D eigenvalue weighted by molar-refractivity contribution is 0.111. The SMILES string of the molecule is Cc1ccc(OCc2cc(Br)cs2)c(C=O)c1. The number of carbonyl (C=O) groups is 1. The largest absolute Gasteiger partial charge is 0.487 e. The van der Waals surface area contributed by atoms with Gasteiger partial charge in [0.1, 0.15) is 12.4 Å². The Morgan fingerprint density at radius 2 is 2.24 bits per heavy atom. The van der Waals surface area contributed by atoms with Crippen LogP contribution in [-0.4, -0.2) is 6.29 Å². The van der Waals surface area contributed by atoms with Crippen molar-refractivity contribution in [1.82, 2.24) is 0 Å². The van der Waals surface area contributed by atoms with E-state index in [1.165, 1.54) is 0 Å². The minimum absolute atomic E-state index is 0.486. The molecule has 0 radical (unpaired) electrons. The van der Waals surface area contributed by atoms with E-state index in [1.54, 1.807) is 11.3 Å². The molecule has 0 aliphatic rings. The summed E-state index contributed by atoms with van der Waals surface area (Å²) < 4.78 is 6.70. The molecule has 1 aromatic heterocycles. The number of hydrogen-bond acceptors (Lipinski definition) is 3. The Hall–Kier alpha value is -1.13. The zero-order valence-corrected chi connectivity index (χ0v) is 11.7. The smallest absolute Gasteiger partial charge is 0.153 e. The molecular formula is C13H11BrO2S. The van der Waals surface area contributed by atoms with E-state index in [2.05, 4.69) is 15.9 Å². The number of carbonyl (C=O) groups excluding carboxylic acids is 1. The molecule has 1 heterocycles. The van der Waals surface area contributed by atoms with Crippen molar-refractivity contribution in [2.75, 3.05) is 0 Å². The molecule has 0 fully saturated rings. The second-order valence-corrected chi connectivity index (χ2v) is 5.59. The summed E-state index contributed by atoms with van der Waals surface area (Å²) >= 11 is 5.02. The Morgan fingerprint density at radius 1 is 1.41 bits per heavy atom. The minimum Gasteiger partial charge on any atom is -0.487 e. The van der Waals surface area contributed by atoms with Gasteiger partial charge in [0, 0.05) is 14.7 Å². The lowest BCUT2D eigenvalue weighted by Crippen LogP contribution is -1.96. The van der Waals surface area contributed by atoms with Crippen LogP contribution in [0, 0.1) is 6.92 Å². The molecule has 2 nitrogen and oxygen atoms in total. The third-order valence-electron chi connectivity index (χ3n) is 2.28. The highest BCUT2D eigenvalue weighted by atomic mass is 79.9. The van der Waals surface area contributed by atoms with Gasteiger partial charge >= 0.3 is 0 Å². The van der Waals surface area contributed by atoms with E-state index in [0.29, 0.717) is 17.9 Å². The molecule has 0 atom stereocenters. The summed E-state index contributed by atoms with van der Waals surface area (Å²) in [5.74, 6) is 0.634. The zero-order valence-electron chi connectivity index (χ0n) is 9.27. The fourth-order valence-electron chi connectivity index (χ4n) is 1.47. The van der Waals surface area contributed by atoms with Crippen LogP contribution in [0.2, 0.25) is 0 Å². The van der Waals surface area contributed by atoms with Crippen molar-refractivity contribution in [3.63, 3.8) is 0 Å². The Morgan fingerprint density at radius 3 is 2.88 bits per heavy atom. The molecule has 17 heavy (non-hydrogen) atoms. The van der Waals surface area contributed by atoms with E-state index in [9.17, 15) is 4.79 Å². The molecule has 0 aliphatic carbocycles. The third kappa shape index (κ3) is 3.17. The van der Waals surface area contributed by atoms with Gasteiger partial charge in [-0.3, -0.25) is 4.79 Å². The van der Waals surface area contributed by atoms with Crippen LogP contribution in [0.4, 0.5) is 0 Å². The van der Waals surface area contributed by atoms with Gasteiger partial charge in [0.15, 0.2) is 6.29 Å². The highest BCUT2D eigenvalue weighted by Gasteiger charge is 2.04. The van der Waals surface area contributed by atoms with Crippen LogP contribution in [0.15, 0.2) is 34.1 Å². The molecule has 0 unspecified atom stereocenters. The van der Waals surface area contributed by atoms with Crippen molar-refractivity contribution < 1.29 is 9.53 Å². The predicted octanol–water partition coefficient (Wildman–Crippen LogP) is 4.21. The van der Waals surface area contributed by atoms with Gasteiger partial charge in [-0.15, -0.1) is 11.3 Å². The number of rotatable bonds is 4. The molecule has 0 N–H and O–H groups in total. The van der Waals surface area contributed by atoms with Crippen LogP contribution >= 0.6 is 27.3 Å². The van der Waals surface area contributed by atoms with Crippen LogP contribution < -0.4 is 4.74 Å². The highest BCUT2D eigenvalue weighted by Crippen LogP contribution is 2.23. The van der Waals surface area contributed by atoms with E-state index in [0.717, 1.165) is 21.2 Å². The topological polar surface area (TPSA) is 26.3 Å². The number of aryl methyl sites for hydroxylation is 1. The Balaban J connectivity index is 2.11. The normalized spacial score (nSPS) is 10.2. The van der Waals surface area contributed by atoms with Crippen LogP contribution in [-0.2, 0) is 6.61 Å². The first-order valence-electron chi connectivity index (χ1n) is 5.10. The maximum absolute atomic E-state index is 10.9. The van der Waals surface area contributed by atoms with E-state index in [4.69, 9.17) is 4.74 Å². The molecule has 0 bridgehead atoms. The van der Waals surface area contributed by atoms with Crippen molar-refractivity contribution in [3.05, 3.63) is 50.1 Å². The summed E-state index contributed by atoms with van der Waals surface area (Å²) in [6.45, 7) is 2.44. The summed E-state index contributed by atoms with van der Waals surface area (Å²) in [4.78, 5) is 12.0. The second kappa shape index (κ2) is 5.47. The standard InChI is InChI=1S/C13H11BrO2S/c1-9-2-3-13(10(4-9)6-15)16-7-12-5-11(14)8-17-12/h2-6,8H,7H2,1H3. The Kier molecular flexibility index (Phi) is 3.97. The second-order valence-electron chi connectivity index (χ2n) is 3.68. The summed E-state index contributed by atoms with van der Waals surface area (Å²) in [5.41, 5.74) is 1.65. The number of ether oxygens (including phenoxy) is 1. The van der Waals surface area contributed by atoms with Gasteiger partial charge in [-0.1, -0.05) is 11.6 Å². The molecule has 0 saturated carbocycles. The Labute approximate surface area is 112 Å². The fraction of sp³-hybridized carbons (Fsp3) is 0.154. The molecular weight excluding hydrogens is 300 g/mol. The predicted molar refractivity (Wildman–Crippen MR) is 72.9 cm³/mol. The minimum atomic E-state index is 0.486. The molecule has 1 aromatic carbocycles. The molecule has 88 valence electrons. The van der Waals surface area contributed by atoms with Crippen molar-refractivity contribution >= 4 is 33.6 Å². The average Bonchev–Trinajstić information content (AvgIpc) is 2.73. The van der Waals surface area contributed by atoms with E-state index >= 15 is 0 Å². The quantitative estimate of drug-likeness (QED) is 0.791. The number of halogens is 1. The highest BCUT2D eigenvalue weighted by molar-refractivity contribution is 9.10. The first-order valence-corrected chi connectivity index (χ1v) is 6.78. The lowest BCUT2D eigenvalue weighted by Gasteiger charge is -2.07. The molecule has 2 rings (SSSR count). The van der Waals surface area contributed by atoms with Gasteiger partial charge in [-0.2, -0.15) is 0 Å². The van der Waals surface area contributed by atoms with Crippen molar-refractivity contribution in [2.45, 2.75) is 13.5 Å². The van der Waals surface area contributed by atoms with Gasteiger partial charge < -0.3 is 4.74 Å². The summed E-state index contributed by atoms with van der Waals surface area (Å²) in [7, 11) is 0. The molecule has 0 amide bonds. The van der Waals surface area contributed by atoms with Crippen molar-refractivity contribution in [3.8, 4) is 5.75 Å². The van der Waals surface area contributed by atoms with Gasteiger partial charge in [-0.25, -0.2) is 0 Å². The summed E-state index contributed by atoms with van der Waals surface area (Å²) in [6, 6.07) is 7.61. The first-order chi connectivity index (χ1) is 8.19. The zero-order chi connectivity index (χ0) is 12.3. The first kappa shape index (κ1) is 12.3. The van der Waals surface area contributed by atoms with Crippen LogP contribution in [0.5, 0.6) is 5.75 Å². The fourth-order valence-corrected chi connectivity index (χ4v) is 2.83. The number of aldehydes is 1. The van der Waals surface area contributed by atoms with E-state index in [1.807, 2.05) is 36.6 Å². The maximum Gasteiger partial charge on any atom is 0.153 e. The third-order valence-corrected chi connectivity index (χ3v) is 3.96. The summed E-state index contributed by atoms with van der Waals surface area (Å²) in [5, 5.41) is 2.01. The number of benzene rings is 1. The monoisotopic (exact) mass is 310 g/mol. The van der Waals surface area contributed by atoms with Gasteiger partial charge in [0.05, 0.1) is 5.56 Å². The number of thiophene rings is 1. The Bertz CT molecular complexity index is 534. The van der Waals surface area contributed by atoms with E-state index < -0.39 is 0 Å². The lowest BCUT2D eigenvalue weighted by atomic mass is 10.1. The van der Waals surface area contributed by atoms with Crippen LogP contribution in [0.25, 0.3) is 0 Å². The summed E-state index contributed by atoms with van der Waals surface area (Å²) in [6.07, 6.45) is 0.826. The molecule has 4 heteroatoms. The van der Waals surface area contributed by atoms with E-state index in [-0.39, 0.29) is 0 Å².